The molecular weight excluding hydrogens is 811 g/mol. The summed E-state index contributed by atoms with van der Waals surface area (Å²) in [6.07, 6.45) is 0. The van der Waals surface area contributed by atoms with Gasteiger partial charge in [-0.2, -0.15) is 0 Å². The van der Waals surface area contributed by atoms with Gasteiger partial charge in [-0.15, -0.1) is 0 Å². The second-order valence-electron chi connectivity index (χ2n) is 17.5. The quantitative estimate of drug-likeness (QED) is 0.158. The second-order valence-corrected chi connectivity index (χ2v) is 17.5. The molecule has 1 heterocycles. The van der Waals surface area contributed by atoms with E-state index in [1.807, 2.05) is 0 Å². The van der Waals surface area contributed by atoms with E-state index < -0.39 is 5.41 Å². The minimum Gasteiger partial charge on any atom is -0.457 e. The summed E-state index contributed by atoms with van der Waals surface area (Å²) in [6, 6.07) is 95.0. The molecule has 314 valence electrons. The maximum Gasteiger partial charge on any atom is 0.132 e. The predicted molar refractivity (Wildman–Crippen MR) is 278 cm³/mol. The van der Waals surface area contributed by atoms with Crippen LogP contribution in [0.2, 0.25) is 0 Å². The molecule has 0 radical (unpaired) electrons. The molecule has 0 fully saturated rings. The lowest BCUT2D eigenvalue weighted by molar-refractivity contribution is 0.436. The van der Waals surface area contributed by atoms with E-state index >= 15 is 0 Å². The van der Waals surface area contributed by atoms with Crippen molar-refractivity contribution in [2.24, 2.45) is 0 Å². The molecule has 0 saturated carbocycles. The number of rotatable bonds is 7. The van der Waals surface area contributed by atoms with Gasteiger partial charge in [-0.05, 0) is 114 Å². The van der Waals surface area contributed by atoms with Gasteiger partial charge < -0.3 is 9.64 Å². The fraction of sp³-hybridized carbons (Fsp3) is 0.0154. The van der Waals surface area contributed by atoms with E-state index in [0.29, 0.717) is 0 Å². The molecule has 0 bridgehead atoms. The van der Waals surface area contributed by atoms with Crippen LogP contribution >= 0.6 is 0 Å². The van der Waals surface area contributed by atoms with E-state index in [1.54, 1.807) is 0 Å². The van der Waals surface area contributed by atoms with Gasteiger partial charge in [0.2, 0.25) is 0 Å². The molecule has 0 aromatic heterocycles. The Labute approximate surface area is 391 Å². The average molecular weight is 854 g/mol. The molecule has 1 aliphatic heterocycles. The predicted octanol–water partition coefficient (Wildman–Crippen LogP) is 17.4. The van der Waals surface area contributed by atoms with Crippen LogP contribution in [0.5, 0.6) is 11.5 Å². The fourth-order valence-corrected chi connectivity index (χ4v) is 11.1. The van der Waals surface area contributed by atoms with Crippen LogP contribution in [0.4, 0.5) is 17.1 Å². The summed E-state index contributed by atoms with van der Waals surface area (Å²) in [5.41, 5.74) is 19.4. The highest BCUT2D eigenvalue weighted by Crippen LogP contribution is 2.63. The zero-order chi connectivity index (χ0) is 44.3. The van der Waals surface area contributed by atoms with Crippen LogP contribution in [0.25, 0.3) is 66.4 Å². The van der Waals surface area contributed by atoms with Crippen LogP contribution in [0.3, 0.4) is 0 Å². The standard InChI is InChI=1S/C65H43NO/c1-2-19-44(20-3-1)51-24-6-7-25-52(51)53-26-8-9-27-54(53)57-29-11-15-34-62(57)66(47-39-37-46(38-40-47)50-30-18-22-45-21-4-5-23-49(45)50)48-41-42-56-55-28-10-12-31-58(55)65(61(56)43-48)59-32-13-16-35-63(59)67-64-36-17-14-33-60(64)65/h1-43H. The molecule has 13 rings (SSSR count). The molecule has 2 aliphatic rings. The number of anilines is 3. The highest BCUT2D eigenvalue weighted by molar-refractivity contribution is 6.00. The Morgan fingerprint density at radius 2 is 0.761 bits per heavy atom. The van der Waals surface area contributed by atoms with Crippen LogP contribution in [-0.4, -0.2) is 0 Å². The summed E-state index contributed by atoms with van der Waals surface area (Å²) >= 11 is 0. The summed E-state index contributed by atoms with van der Waals surface area (Å²) in [7, 11) is 0. The van der Waals surface area contributed by atoms with Gasteiger partial charge in [0, 0.05) is 28.1 Å². The van der Waals surface area contributed by atoms with Crippen LogP contribution in [0.15, 0.2) is 261 Å². The van der Waals surface area contributed by atoms with Gasteiger partial charge in [-0.25, -0.2) is 0 Å². The number of para-hydroxylation sites is 3. The van der Waals surface area contributed by atoms with Crippen molar-refractivity contribution in [2.75, 3.05) is 4.90 Å². The first-order valence-corrected chi connectivity index (χ1v) is 23.1. The summed E-state index contributed by atoms with van der Waals surface area (Å²) in [6.45, 7) is 0. The Hall–Kier alpha value is -8.72. The molecule has 1 spiro atoms. The van der Waals surface area contributed by atoms with E-state index in [1.165, 1.54) is 66.4 Å². The average Bonchev–Trinajstić information content (AvgIpc) is 3.69. The fourth-order valence-electron chi connectivity index (χ4n) is 11.1. The van der Waals surface area contributed by atoms with E-state index in [2.05, 4.69) is 266 Å². The zero-order valence-electron chi connectivity index (χ0n) is 36.7. The SMILES string of the molecule is c1ccc(-c2ccccc2-c2ccccc2-c2ccccc2N(c2ccc(-c3cccc4ccccc34)cc2)c2ccc3c(c2)C2(c4ccccc4Oc4ccccc42)c2ccccc2-3)cc1. The normalized spacial score (nSPS) is 12.7. The summed E-state index contributed by atoms with van der Waals surface area (Å²) in [4.78, 5) is 2.47. The van der Waals surface area contributed by atoms with Crippen molar-refractivity contribution in [3.8, 4) is 67.1 Å². The minimum absolute atomic E-state index is 0.607. The first-order valence-electron chi connectivity index (χ1n) is 23.1. The van der Waals surface area contributed by atoms with Crippen molar-refractivity contribution in [1.82, 2.24) is 0 Å². The van der Waals surface area contributed by atoms with Gasteiger partial charge >= 0.3 is 0 Å². The Kier molecular flexibility index (Phi) is 9.11. The third kappa shape index (κ3) is 6.11. The number of hydrogen-bond acceptors (Lipinski definition) is 2. The van der Waals surface area contributed by atoms with E-state index in [-0.39, 0.29) is 0 Å². The van der Waals surface area contributed by atoms with Crippen LogP contribution in [0.1, 0.15) is 22.3 Å². The lowest BCUT2D eigenvalue weighted by atomic mass is 9.66. The van der Waals surface area contributed by atoms with Gasteiger partial charge in [-0.3, -0.25) is 0 Å². The second kappa shape index (κ2) is 15.8. The van der Waals surface area contributed by atoms with E-state index in [4.69, 9.17) is 4.74 Å². The van der Waals surface area contributed by atoms with Crippen molar-refractivity contribution in [1.29, 1.82) is 0 Å². The van der Waals surface area contributed by atoms with Gasteiger partial charge in [0.1, 0.15) is 11.5 Å². The van der Waals surface area contributed by atoms with Crippen molar-refractivity contribution in [3.63, 3.8) is 0 Å². The smallest absolute Gasteiger partial charge is 0.132 e. The molecule has 0 amide bonds. The summed E-state index contributed by atoms with van der Waals surface area (Å²) in [5, 5.41) is 2.48. The number of benzene rings is 11. The Balaban J connectivity index is 1.05. The maximum absolute atomic E-state index is 6.72. The Bertz CT molecular complexity index is 3630. The minimum atomic E-state index is -0.607. The van der Waals surface area contributed by atoms with Gasteiger partial charge in [0.05, 0.1) is 11.1 Å². The largest absolute Gasteiger partial charge is 0.457 e. The van der Waals surface area contributed by atoms with E-state index in [0.717, 1.165) is 50.8 Å². The third-order valence-electron chi connectivity index (χ3n) is 14.0. The van der Waals surface area contributed by atoms with E-state index in [9.17, 15) is 0 Å². The molecule has 67 heavy (non-hydrogen) atoms. The number of fused-ring (bicyclic) bond motifs is 10. The molecule has 0 saturated heterocycles. The molecular formula is C65H43NO. The third-order valence-corrected chi connectivity index (χ3v) is 14.0. The first kappa shape index (κ1) is 38.7. The lowest BCUT2D eigenvalue weighted by Crippen LogP contribution is -2.32. The van der Waals surface area contributed by atoms with Crippen molar-refractivity contribution >= 4 is 27.8 Å². The lowest BCUT2D eigenvalue weighted by Gasteiger charge is -2.39. The molecule has 2 heteroatoms. The van der Waals surface area contributed by atoms with Crippen molar-refractivity contribution in [3.05, 3.63) is 283 Å². The van der Waals surface area contributed by atoms with Crippen LogP contribution in [-0.2, 0) is 5.41 Å². The zero-order valence-corrected chi connectivity index (χ0v) is 36.7. The number of hydrogen-bond donors (Lipinski definition) is 0. The van der Waals surface area contributed by atoms with Crippen LogP contribution in [0, 0.1) is 0 Å². The highest BCUT2D eigenvalue weighted by Gasteiger charge is 2.51. The van der Waals surface area contributed by atoms with Gasteiger partial charge in [0.25, 0.3) is 0 Å². The van der Waals surface area contributed by atoms with Crippen molar-refractivity contribution in [2.45, 2.75) is 5.41 Å². The number of ether oxygens (including phenoxy) is 1. The summed E-state index contributed by atoms with van der Waals surface area (Å²) < 4.78 is 6.72. The molecule has 1 aliphatic carbocycles. The monoisotopic (exact) mass is 853 g/mol. The maximum atomic E-state index is 6.72. The first-order chi connectivity index (χ1) is 33.3. The number of nitrogens with zero attached hydrogens (tertiary/aromatic N) is 1. The van der Waals surface area contributed by atoms with Crippen molar-refractivity contribution < 1.29 is 4.74 Å². The molecule has 0 atom stereocenters. The molecule has 11 aromatic rings. The van der Waals surface area contributed by atoms with Crippen LogP contribution < -0.4 is 9.64 Å². The summed E-state index contributed by atoms with van der Waals surface area (Å²) in [5.74, 6) is 1.76. The molecule has 11 aromatic carbocycles. The molecule has 0 N–H and O–H groups in total. The Morgan fingerprint density at radius 3 is 1.49 bits per heavy atom. The highest BCUT2D eigenvalue weighted by atomic mass is 16.5. The molecule has 0 unspecified atom stereocenters. The van der Waals surface area contributed by atoms with Gasteiger partial charge in [0.15, 0.2) is 0 Å². The van der Waals surface area contributed by atoms with Gasteiger partial charge in [-0.1, -0.05) is 218 Å². The topological polar surface area (TPSA) is 12.5 Å². The molecule has 2 nitrogen and oxygen atoms in total. The Morgan fingerprint density at radius 1 is 0.284 bits per heavy atom.